The zero-order chi connectivity index (χ0) is 4.83. The van der Waals surface area contributed by atoms with Gasteiger partial charge in [-0.2, -0.15) is 0 Å². The van der Waals surface area contributed by atoms with Gasteiger partial charge in [-0.25, -0.2) is 0 Å². The second kappa shape index (κ2) is 5.06. The average molecular weight is 83.0 g/mol. The molecule has 0 fully saturated rings. The summed E-state index contributed by atoms with van der Waals surface area (Å²) in [5.74, 6) is 0. The molecule has 0 unspecified atom stereocenters. The van der Waals surface area contributed by atoms with Gasteiger partial charge in [0.2, 0.25) is 0 Å². The zero-order valence-corrected chi connectivity index (χ0v) is 4.54. The fourth-order valence-electron chi connectivity index (χ4n) is 0.427. The number of unbranched alkanes of at least 4 members (excludes halogenated alkanes) is 2. The molecule has 0 atom stereocenters. The van der Waals surface area contributed by atoms with Crippen molar-refractivity contribution < 1.29 is 0 Å². The molecule has 0 aromatic carbocycles. The second-order valence-electron chi connectivity index (χ2n) is 1.56. The molecule has 0 N–H and O–H groups in total. The third-order valence-electron chi connectivity index (χ3n) is 0.854. The van der Waals surface area contributed by atoms with Gasteiger partial charge in [0.05, 0.1) is 7.85 Å². The average Bonchev–Trinajstić information content (AvgIpc) is 1.61. The van der Waals surface area contributed by atoms with Crippen LogP contribution >= 0.6 is 0 Å². The Morgan fingerprint density at radius 2 is 2.00 bits per heavy atom. The Morgan fingerprint density at radius 1 is 1.33 bits per heavy atom. The Labute approximate surface area is 41.4 Å². The highest BCUT2D eigenvalue weighted by molar-refractivity contribution is 6.08. The van der Waals surface area contributed by atoms with Crippen molar-refractivity contribution >= 4 is 7.85 Å². The number of rotatable bonds is 3. The molecular weight excluding hydrogens is 70.9 g/mol. The molecule has 0 aromatic heterocycles. The minimum absolute atomic E-state index is 1.10. The third-order valence-corrected chi connectivity index (χ3v) is 0.854. The van der Waals surface area contributed by atoms with Crippen molar-refractivity contribution in [3.05, 3.63) is 0 Å². The maximum absolute atomic E-state index is 3.72. The molecule has 0 aliphatic heterocycles. The van der Waals surface area contributed by atoms with E-state index in [9.17, 15) is 0 Å². The van der Waals surface area contributed by atoms with Crippen molar-refractivity contribution in [1.29, 1.82) is 0 Å². The van der Waals surface area contributed by atoms with E-state index < -0.39 is 0 Å². The van der Waals surface area contributed by atoms with Crippen LogP contribution in [-0.4, -0.2) is 7.85 Å². The molecule has 0 spiro atoms. The minimum Gasteiger partial charge on any atom is -0.0846 e. The highest BCUT2D eigenvalue weighted by Crippen LogP contribution is 1.94. The van der Waals surface area contributed by atoms with E-state index in [2.05, 4.69) is 14.8 Å². The van der Waals surface area contributed by atoms with E-state index in [1.807, 2.05) is 0 Å². The maximum atomic E-state index is 3.72. The lowest BCUT2D eigenvalue weighted by atomic mass is 10.00. The third kappa shape index (κ3) is 4.06. The van der Waals surface area contributed by atoms with Gasteiger partial charge in [0.1, 0.15) is 0 Å². The van der Waals surface area contributed by atoms with Crippen molar-refractivity contribution in [2.45, 2.75) is 32.5 Å². The molecule has 6 heavy (non-hydrogen) atoms. The van der Waals surface area contributed by atoms with Crippen LogP contribution in [0.2, 0.25) is 6.32 Å². The summed E-state index contributed by atoms with van der Waals surface area (Å²) in [6.45, 7) is 2.20. The standard InChI is InChI=1S/C5H12B/c1-2-3-4-5-6/h6H,2-5H2,1H3. The summed E-state index contributed by atoms with van der Waals surface area (Å²) < 4.78 is 0. The lowest BCUT2D eigenvalue weighted by molar-refractivity contribution is 0.771. The molecule has 0 aliphatic carbocycles. The van der Waals surface area contributed by atoms with Gasteiger partial charge in [-0.3, -0.25) is 0 Å². The van der Waals surface area contributed by atoms with Gasteiger partial charge in [0, 0.05) is 0 Å². The molecule has 0 nitrogen and oxygen atoms in total. The van der Waals surface area contributed by atoms with Crippen LogP contribution in [0.1, 0.15) is 26.2 Å². The summed E-state index contributed by atoms with van der Waals surface area (Å²) >= 11 is 0. The molecule has 0 heterocycles. The summed E-state index contributed by atoms with van der Waals surface area (Å²) in [6.07, 6.45) is 5.07. The fraction of sp³-hybridized carbons (Fsp3) is 1.00. The van der Waals surface area contributed by atoms with E-state index in [0.29, 0.717) is 0 Å². The Morgan fingerprint density at radius 3 is 2.17 bits per heavy atom. The first kappa shape index (κ1) is 6.06. The second-order valence-corrected chi connectivity index (χ2v) is 1.56. The van der Waals surface area contributed by atoms with E-state index >= 15 is 0 Å². The topological polar surface area (TPSA) is 0 Å². The molecule has 0 rings (SSSR count). The predicted molar refractivity (Wildman–Crippen MR) is 31.5 cm³/mol. The van der Waals surface area contributed by atoms with Crippen LogP contribution in [0.3, 0.4) is 0 Å². The molecule has 0 saturated carbocycles. The first-order chi connectivity index (χ1) is 2.91. The summed E-state index contributed by atoms with van der Waals surface area (Å²) in [5, 5.41) is 0. The molecule has 1 radical (unpaired) electrons. The van der Waals surface area contributed by atoms with Crippen LogP contribution in [0.4, 0.5) is 0 Å². The summed E-state index contributed by atoms with van der Waals surface area (Å²) in [4.78, 5) is 0. The maximum Gasteiger partial charge on any atom is 0.0865 e. The van der Waals surface area contributed by atoms with Gasteiger partial charge >= 0.3 is 0 Å². The van der Waals surface area contributed by atoms with Crippen molar-refractivity contribution in [1.82, 2.24) is 0 Å². The Bertz CT molecular complexity index is 15.9. The van der Waals surface area contributed by atoms with Gasteiger partial charge < -0.3 is 0 Å². The number of hydrogen-bond donors (Lipinski definition) is 0. The lowest BCUT2D eigenvalue weighted by Crippen LogP contribution is -1.69. The van der Waals surface area contributed by atoms with Crippen molar-refractivity contribution in [3.63, 3.8) is 0 Å². The van der Waals surface area contributed by atoms with Crippen molar-refractivity contribution in [2.24, 2.45) is 0 Å². The smallest absolute Gasteiger partial charge is 0.0846 e. The zero-order valence-electron chi connectivity index (χ0n) is 4.54. The van der Waals surface area contributed by atoms with E-state index in [1.54, 1.807) is 0 Å². The fourth-order valence-corrected chi connectivity index (χ4v) is 0.427. The molecule has 0 aliphatic rings. The van der Waals surface area contributed by atoms with Gasteiger partial charge in [-0.15, -0.1) is 0 Å². The van der Waals surface area contributed by atoms with Crippen LogP contribution in [0, 0.1) is 0 Å². The molecule has 35 valence electrons. The molecule has 0 aromatic rings. The molecule has 1 heteroatoms. The summed E-state index contributed by atoms with van der Waals surface area (Å²) in [7, 11) is 3.72. The van der Waals surface area contributed by atoms with Gasteiger partial charge in [0.25, 0.3) is 0 Å². The normalized spacial score (nSPS) is 8.83. The van der Waals surface area contributed by atoms with Gasteiger partial charge in [-0.1, -0.05) is 32.5 Å². The Kier molecular flexibility index (Phi) is 5.12. The van der Waals surface area contributed by atoms with E-state index in [4.69, 9.17) is 0 Å². The van der Waals surface area contributed by atoms with E-state index in [0.717, 1.165) is 6.32 Å². The van der Waals surface area contributed by atoms with Crippen molar-refractivity contribution in [3.8, 4) is 0 Å². The predicted octanol–water partition coefficient (Wildman–Crippen LogP) is 1.50. The summed E-state index contributed by atoms with van der Waals surface area (Å²) in [5.41, 5.74) is 0. The highest BCUT2D eigenvalue weighted by atomic mass is 13.8. The number of hydrogen-bond acceptors (Lipinski definition) is 0. The van der Waals surface area contributed by atoms with Crippen LogP contribution in [0.15, 0.2) is 0 Å². The summed E-state index contributed by atoms with van der Waals surface area (Å²) in [6, 6.07) is 0. The molecule has 0 bridgehead atoms. The van der Waals surface area contributed by atoms with Crippen LogP contribution in [-0.2, 0) is 0 Å². The monoisotopic (exact) mass is 83.1 g/mol. The highest BCUT2D eigenvalue weighted by Gasteiger charge is 1.75. The minimum atomic E-state index is 1.10. The Balaban J connectivity index is 2.34. The molecule has 0 saturated heterocycles. The first-order valence-corrected chi connectivity index (χ1v) is 2.71. The first-order valence-electron chi connectivity index (χ1n) is 2.71. The molecule has 0 amide bonds. The van der Waals surface area contributed by atoms with Gasteiger partial charge in [-0.05, 0) is 0 Å². The largest absolute Gasteiger partial charge is 0.0865 e. The van der Waals surface area contributed by atoms with Crippen LogP contribution in [0.25, 0.3) is 0 Å². The lowest BCUT2D eigenvalue weighted by Gasteiger charge is -1.86. The van der Waals surface area contributed by atoms with Gasteiger partial charge in [0.15, 0.2) is 0 Å². The Hall–Kier alpha value is 0.0649. The van der Waals surface area contributed by atoms with Crippen LogP contribution < -0.4 is 0 Å². The van der Waals surface area contributed by atoms with Crippen LogP contribution in [0.5, 0.6) is 0 Å². The SMILES string of the molecule is [BH]CCCCC. The quantitative estimate of drug-likeness (QED) is 0.358. The van der Waals surface area contributed by atoms with E-state index in [1.165, 1.54) is 19.3 Å². The van der Waals surface area contributed by atoms with Crippen molar-refractivity contribution in [2.75, 3.05) is 0 Å². The molecular formula is C5H12B. The van der Waals surface area contributed by atoms with E-state index in [-0.39, 0.29) is 0 Å².